The number of rotatable bonds is 6. The number of hydrogen-bond acceptors (Lipinski definition) is 8. The summed E-state index contributed by atoms with van der Waals surface area (Å²) in [4.78, 5) is 18.0. The molecule has 1 saturated heterocycles. The molecular formula is C17H22N4O7S2. The van der Waals surface area contributed by atoms with Gasteiger partial charge < -0.3 is 14.5 Å². The van der Waals surface area contributed by atoms with Crippen molar-refractivity contribution in [3.8, 4) is 5.75 Å². The van der Waals surface area contributed by atoms with E-state index in [1.165, 1.54) is 53.6 Å². The maximum Gasteiger partial charge on any atom is 0.337 e. The van der Waals surface area contributed by atoms with Gasteiger partial charge in [0.25, 0.3) is 10.0 Å². The summed E-state index contributed by atoms with van der Waals surface area (Å²) in [5.41, 5.74) is 0.0650. The molecule has 1 aromatic carbocycles. The minimum atomic E-state index is -4.06. The fourth-order valence-electron chi connectivity index (χ4n) is 3.14. The summed E-state index contributed by atoms with van der Waals surface area (Å²) in [5, 5.41) is -0.0498. The third-order valence-corrected chi connectivity index (χ3v) is 8.45. The molecule has 1 aliphatic rings. The molecule has 2 heterocycles. The Hall–Kier alpha value is -2.48. The molecular weight excluding hydrogens is 436 g/mol. The Morgan fingerprint density at radius 3 is 2.27 bits per heavy atom. The number of nitrogens with zero attached hydrogens (tertiary/aromatic N) is 3. The number of aromatic nitrogens is 2. The first-order valence-electron chi connectivity index (χ1n) is 8.97. The highest BCUT2D eigenvalue weighted by Crippen LogP contribution is 2.29. The van der Waals surface area contributed by atoms with Crippen molar-refractivity contribution in [1.82, 2.24) is 18.6 Å². The highest BCUT2D eigenvalue weighted by Gasteiger charge is 2.34. The van der Waals surface area contributed by atoms with Gasteiger partial charge in [-0.3, -0.25) is 0 Å². The lowest BCUT2D eigenvalue weighted by molar-refractivity contribution is 0.0600. The van der Waals surface area contributed by atoms with Gasteiger partial charge in [-0.25, -0.2) is 26.6 Å². The zero-order valence-electron chi connectivity index (χ0n) is 16.4. The van der Waals surface area contributed by atoms with E-state index in [0.29, 0.717) is 6.42 Å². The van der Waals surface area contributed by atoms with Crippen LogP contribution in [0.15, 0.2) is 40.6 Å². The second-order valence-electron chi connectivity index (χ2n) is 6.43. The lowest BCUT2D eigenvalue weighted by Gasteiger charge is -2.22. The van der Waals surface area contributed by atoms with Crippen LogP contribution in [0.1, 0.15) is 16.8 Å². The van der Waals surface area contributed by atoms with E-state index < -0.39 is 26.0 Å². The molecule has 2 aromatic rings. The number of H-pyrrole nitrogens is 1. The van der Waals surface area contributed by atoms with Gasteiger partial charge in [-0.15, -0.1) is 0 Å². The molecule has 1 aliphatic heterocycles. The molecule has 0 bridgehead atoms. The van der Waals surface area contributed by atoms with Crippen LogP contribution >= 0.6 is 0 Å². The summed E-state index contributed by atoms with van der Waals surface area (Å²) in [6.07, 6.45) is 2.77. The summed E-state index contributed by atoms with van der Waals surface area (Å²) in [6, 6.07) is 3.99. The molecule has 13 heteroatoms. The number of benzene rings is 1. The predicted molar refractivity (Wildman–Crippen MR) is 105 cm³/mol. The van der Waals surface area contributed by atoms with E-state index in [2.05, 4.69) is 14.7 Å². The van der Waals surface area contributed by atoms with E-state index in [-0.39, 0.29) is 47.4 Å². The molecule has 0 spiro atoms. The smallest absolute Gasteiger partial charge is 0.337 e. The number of nitrogens with one attached hydrogen (secondary N) is 1. The Morgan fingerprint density at radius 2 is 1.70 bits per heavy atom. The first-order chi connectivity index (χ1) is 14.2. The van der Waals surface area contributed by atoms with Crippen LogP contribution in [0.25, 0.3) is 0 Å². The Bertz CT molecular complexity index is 1110. The highest BCUT2D eigenvalue weighted by molar-refractivity contribution is 7.89. The van der Waals surface area contributed by atoms with Crippen LogP contribution < -0.4 is 4.74 Å². The number of aromatic amines is 1. The first-order valence-corrected chi connectivity index (χ1v) is 11.8. The van der Waals surface area contributed by atoms with Gasteiger partial charge in [0.15, 0.2) is 5.03 Å². The number of carbonyl (C=O) groups is 1. The molecule has 0 amide bonds. The summed E-state index contributed by atoms with van der Waals surface area (Å²) in [7, 11) is -5.33. The fraction of sp³-hybridized carbons (Fsp3) is 0.412. The molecule has 0 unspecified atom stereocenters. The topological polar surface area (TPSA) is 139 Å². The van der Waals surface area contributed by atoms with Crippen molar-refractivity contribution in [1.29, 1.82) is 0 Å². The standard InChI is InChI=1S/C17H22N4O7S2/c1-27-14-5-4-13(17(22)28-2)10-15(14)29(23,24)20-6-3-7-21(9-8-20)30(25,26)16-11-18-12-19-16/h4-5,10-12H,3,6-9H2,1-2H3,(H,18,19). The van der Waals surface area contributed by atoms with E-state index in [9.17, 15) is 21.6 Å². The Labute approximate surface area is 174 Å². The van der Waals surface area contributed by atoms with Gasteiger partial charge >= 0.3 is 5.97 Å². The molecule has 11 nitrogen and oxygen atoms in total. The van der Waals surface area contributed by atoms with Gasteiger partial charge in [0.2, 0.25) is 10.0 Å². The van der Waals surface area contributed by atoms with E-state index in [4.69, 9.17) is 4.74 Å². The minimum Gasteiger partial charge on any atom is -0.495 e. The number of carbonyl (C=O) groups excluding carboxylic acids is 1. The van der Waals surface area contributed by atoms with Crippen molar-refractivity contribution in [2.24, 2.45) is 0 Å². The van der Waals surface area contributed by atoms with Gasteiger partial charge in [0, 0.05) is 26.2 Å². The average Bonchev–Trinajstić information content (AvgIpc) is 3.17. The van der Waals surface area contributed by atoms with E-state index in [1.54, 1.807) is 0 Å². The minimum absolute atomic E-state index is 0.0282. The lowest BCUT2D eigenvalue weighted by atomic mass is 10.2. The zero-order valence-corrected chi connectivity index (χ0v) is 18.1. The molecule has 30 heavy (non-hydrogen) atoms. The van der Waals surface area contributed by atoms with Crippen molar-refractivity contribution in [3.05, 3.63) is 36.3 Å². The van der Waals surface area contributed by atoms with Gasteiger partial charge in [0.05, 0.1) is 32.3 Å². The fourth-order valence-corrected chi connectivity index (χ4v) is 6.15. The van der Waals surface area contributed by atoms with Crippen molar-refractivity contribution in [2.75, 3.05) is 40.4 Å². The summed E-state index contributed by atoms with van der Waals surface area (Å²) in [6.45, 7) is 0.191. The summed E-state index contributed by atoms with van der Waals surface area (Å²) < 4.78 is 64.2. The number of esters is 1. The Morgan fingerprint density at radius 1 is 1.03 bits per heavy atom. The van der Waals surface area contributed by atoms with Gasteiger partial charge in [0.1, 0.15) is 10.6 Å². The third-order valence-electron chi connectivity index (χ3n) is 4.71. The lowest BCUT2D eigenvalue weighted by Crippen LogP contribution is -2.37. The quantitative estimate of drug-likeness (QED) is 0.610. The molecule has 1 fully saturated rings. The van der Waals surface area contributed by atoms with Crippen LogP contribution in [-0.2, 0) is 24.8 Å². The maximum absolute atomic E-state index is 13.3. The molecule has 3 rings (SSSR count). The van der Waals surface area contributed by atoms with E-state index in [0.717, 1.165) is 0 Å². The Balaban J connectivity index is 1.88. The predicted octanol–water partition coefficient (Wildman–Crippen LogP) is 0.290. The Kier molecular flexibility index (Phi) is 6.45. The van der Waals surface area contributed by atoms with Crippen LogP contribution in [0.3, 0.4) is 0 Å². The van der Waals surface area contributed by atoms with Crippen molar-refractivity contribution < 1.29 is 31.1 Å². The molecule has 0 radical (unpaired) electrons. The van der Waals surface area contributed by atoms with Crippen molar-refractivity contribution >= 4 is 26.0 Å². The van der Waals surface area contributed by atoms with Crippen molar-refractivity contribution in [2.45, 2.75) is 16.3 Å². The van der Waals surface area contributed by atoms with E-state index >= 15 is 0 Å². The van der Waals surface area contributed by atoms with Crippen LogP contribution in [0.5, 0.6) is 5.75 Å². The third kappa shape index (κ3) is 4.19. The summed E-state index contributed by atoms with van der Waals surface area (Å²) >= 11 is 0. The second kappa shape index (κ2) is 8.71. The number of hydrogen-bond donors (Lipinski definition) is 1. The maximum atomic E-state index is 13.3. The number of sulfonamides is 2. The molecule has 1 N–H and O–H groups in total. The van der Waals surface area contributed by atoms with Crippen LogP contribution in [0.2, 0.25) is 0 Å². The number of methoxy groups -OCH3 is 2. The highest BCUT2D eigenvalue weighted by atomic mass is 32.2. The molecule has 164 valence electrons. The van der Waals surface area contributed by atoms with Crippen LogP contribution in [-0.4, -0.2) is 81.8 Å². The molecule has 0 saturated carbocycles. The van der Waals surface area contributed by atoms with Crippen LogP contribution in [0.4, 0.5) is 0 Å². The number of ether oxygens (including phenoxy) is 2. The molecule has 1 aromatic heterocycles. The molecule has 0 aliphatic carbocycles. The van der Waals surface area contributed by atoms with Crippen LogP contribution in [0, 0.1) is 0 Å². The normalized spacial score (nSPS) is 16.7. The van der Waals surface area contributed by atoms with E-state index in [1.807, 2.05) is 0 Å². The van der Waals surface area contributed by atoms with Gasteiger partial charge in [-0.2, -0.15) is 8.61 Å². The summed E-state index contributed by atoms with van der Waals surface area (Å²) in [5.74, 6) is -0.601. The SMILES string of the molecule is COC(=O)c1ccc(OC)c(S(=O)(=O)N2CCCN(S(=O)(=O)c3cnc[nH]3)CC2)c1. The molecule has 0 atom stereocenters. The monoisotopic (exact) mass is 458 g/mol. The van der Waals surface area contributed by atoms with Crippen molar-refractivity contribution in [3.63, 3.8) is 0 Å². The average molecular weight is 459 g/mol. The number of imidazole rings is 1. The largest absolute Gasteiger partial charge is 0.495 e. The zero-order chi connectivity index (χ0) is 21.9. The second-order valence-corrected chi connectivity index (χ2v) is 10.2. The van der Waals surface area contributed by atoms with Gasteiger partial charge in [-0.1, -0.05) is 0 Å². The first kappa shape index (κ1) is 22.2. The van der Waals surface area contributed by atoms with Gasteiger partial charge in [-0.05, 0) is 24.6 Å².